The van der Waals surface area contributed by atoms with Crippen molar-refractivity contribution in [2.45, 2.75) is 117 Å². The van der Waals surface area contributed by atoms with Gasteiger partial charge in [-0.2, -0.15) is 13.2 Å². The predicted octanol–water partition coefficient (Wildman–Crippen LogP) is 4.22. The largest absolute Gasteiger partial charge is 0.490 e. The average Bonchev–Trinajstić information content (AvgIpc) is 3.92. The van der Waals surface area contributed by atoms with Gasteiger partial charge in [-0.1, -0.05) is 65.0 Å². The molecule has 0 saturated heterocycles. The first-order valence-electron chi connectivity index (χ1n) is 24.7. The lowest BCUT2D eigenvalue weighted by molar-refractivity contribution is -0.192. The third kappa shape index (κ3) is 19.7. The summed E-state index contributed by atoms with van der Waals surface area (Å²) < 4.78 is 63.4. The second-order valence-electron chi connectivity index (χ2n) is 19.9. The highest BCUT2D eigenvalue weighted by Gasteiger charge is 2.40. The van der Waals surface area contributed by atoms with Crippen molar-refractivity contribution in [2.24, 2.45) is 23.0 Å². The molecule has 0 fully saturated rings. The number of carboxylic acids is 2. The molecule has 426 valence electrons. The molecule has 8 N–H and O–H groups in total. The molecule has 0 radical (unpaired) electrons. The summed E-state index contributed by atoms with van der Waals surface area (Å²) in [6, 6.07) is 9.15. The van der Waals surface area contributed by atoms with E-state index >= 15 is 4.39 Å². The highest BCUT2D eigenvalue weighted by Crippen LogP contribution is 2.41. The van der Waals surface area contributed by atoms with E-state index in [-0.39, 0.29) is 69.5 Å². The molecule has 0 bridgehead atoms. The van der Waals surface area contributed by atoms with Crippen LogP contribution in [0.15, 0.2) is 72.9 Å². The molecule has 1 aromatic heterocycles. The van der Waals surface area contributed by atoms with Crippen LogP contribution in [0, 0.1) is 28.9 Å². The van der Waals surface area contributed by atoms with E-state index in [9.17, 15) is 65.8 Å². The molecule has 4 rings (SSSR count). The van der Waals surface area contributed by atoms with Gasteiger partial charge >= 0.3 is 18.1 Å². The second kappa shape index (κ2) is 29.2. The number of aromatic nitrogens is 1. The van der Waals surface area contributed by atoms with Gasteiger partial charge in [0, 0.05) is 80.0 Å². The summed E-state index contributed by atoms with van der Waals surface area (Å²) in [6.07, 6.45) is -2.05. The van der Waals surface area contributed by atoms with Crippen molar-refractivity contribution < 1.29 is 85.2 Å². The van der Waals surface area contributed by atoms with Gasteiger partial charge in [0.05, 0.1) is 12.6 Å². The minimum atomic E-state index is -5.08. The summed E-state index contributed by atoms with van der Waals surface area (Å²) >= 11 is 0. The monoisotopic (exact) mass is 1100 g/mol. The fourth-order valence-electron chi connectivity index (χ4n) is 8.21. The van der Waals surface area contributed by atoms with E-state index in [4.69, 9.17) is 20.7 Å². The van der Waals surface area contributed by atoms with E-state index in [0.29, 0.717) is 11.3 Å². The summed E-state index contributed by atoms with van der Waals surface area (Å²) in [4.78, 5) is 127. The Morgan fingerprint density at radius 1 is 0.795 bits per heavy atom. The van der Waals surface area contributed by atoms with Gasteiger partial charge in [0.2, 0.25) is 23.6 Å². The van der Waals surface area contributed by atoms with Crippen LogP contribution in [0.1, 0.15) is 97.4 Å². The standard InChI is InChI=1S/C51H65F2N7O11.C2HF3O2/c1-30(2)37(25-36(63)28-60-43(64)18-19-44(60)65)48(68)56-31(3)47(67)57-41(49(69)55-21-10-13-35(62)15-17-40(54)50(70)71)20-22-59(45(66)29-61)46(51(4,5)6)42-23-33(38-24-34(52)14-16-39(38)53)27-58(42)26-32-11-8-7-9-12-32;3-2(4,5)1(6)7/h7-9,11-12,14,16,18-19,23-24,27,30-31,37,40-41,46,61H,10,13,15,17,20-22,25-26,28-29,54H2,1-6H3,(H,55,69)(H,56,68)(H,57,67)(H,70,71);(H,6,7)/t31-,37-,40-,41-,46-;/m0./s1. The number of rotatable bonds is 27. The smallest absolute Gasteiger partial charge is 0.480 e. The number of hydrogen-bond donors (Lipinski definition) is 7. The summed E-state index contributed by atoms with van der Waals surface area (Å²) in [5, 5.41) is 34.5. The van der Waals surface area contributed by atoms with Crippen molar-refractivity contribution >= 4 is 58.9 Å². The Kier molecular flexibility index (Phi) is 24.2. The molecule has 5 atom stereocenters. The molecule has 25 heteroatoms. The molecule has 0 spiro atoms. The minimum Gasteiger partial charge on any atom is -0.480 e. The number of alkyl halides is 3. The van der Waals surface area contributed by atoms with E-state index in [1.54, 1.807) is 30.7 Å². The summed E-state index contributed by atoms with van der Waals surface area (Å²) in [5.74, 6) is -12.0. The molecular formula is C53H66F5N7O13. The lowest BCUT2D eigenvalue weighted by Crippen LogP contribution is -2.55. The number of aliphatic hydroxyl groups is 1. The summed E-state index contributed by atoms with van der Waals surface area (Å²) in [5.41, 5.74) is 6.28. The first kappa shape index (κ1) is 64.6. The van der Waals surface area contributed by atoms with Crippen LogP contribution < -0.4 is 21.7 Å². The van der Waals surface area contributed by atoms with Gasteiger partial charge < -0.3 is 46.5 Å². The normalized spacial score (nSPS) is 14.4. The Balaban J connectivity index is 0.00000213. The zero-order valence-corrected chi connectivity index (χ0v) is 43.9. The van der Waals surface area contributed by atoms with Crippen LogP contribution in [0.5, 0.6) is 0 Å². The Morgan fingerprint density at radius 2 is 1.41 bits per heavy atom. The molecular weight excluding hydrogens is 1040 g/mol. The van der Waals surface area contributed by atoms with Crippen LogP contribution in [-0.4, -0.2) is 139 Å². The Bertz CT molecular complexity index is 2670. The number of imide groups is 1. The van der Waals surface area contributed by atoms with Gasteiger partial charge in [-0.25, -0.2) is 13.6 Å². The number of carbonyl (C=O) groups excluding carboxylic acids is 8. The van der Waals surface area contributed by atoms with Crippen LogP contribution in [0.3, 0.4) is 0 Å². The number of hydrogen-bond acceptors (Lipinski definition) is 12. The zero-order valence-electron chi connectivity index (χ0n) is 43.9. The van der Waals surface area contributed by atoms with E-state index in [2.05, 4.69) is 16.0 Å². The molecule has 0 aliphatic carbocycles. The fraction of sp³-hybridized carbons (Fsp3) is 0.472. The lowest BCUT2D eigenvalue weighted by atomic mass is 9.82. The van der Waals surface area contributed by atoms with Gasteiger partial charge in [0.25, 0.3) is 11.8 Å². The van der Waals surface area contributed by atoms with E-state index in [0.717, 1.165) is 40.8 Å². The maximum atomic E-state index is 15.3. The van der Waals surface area contributed by atoms with Gasteiger partial charge in [0.1, 0.15) is 42.2 Å². The molecule has 2 aromatic carbocycles. The number of nitrogens with two attached hydrogens (primary N) is 1. The number of amides is 6. The van der Waals surface area contributed by atoms with Crippen molar-refractivity contribution in [1.29, 1.82) is 0 Å². The van der Waals surface area contributed by atoms with Gasteiger partial charge in [0.15, 0.2) is 5.78 Å². The quantitative estimate of drug-likeness (QED) is 0.0320. The molecule has 20 nitrogen and oxygen atoms in total. The van der Waals surface area contributed by atoms with Crippen LogP contribution in [0.2, 0.25) is 0 Å². The molecule has 1 aliphatic heterocycles. The lowest BCUT2D eigenvalue weighted by Gasteiger charge is -2.41. The third-order valence-electron chi connectivity index (χ3n) is 12.3. The molecule has 6 amide bonds. The number of benzene rings is 2. The molecule has 3 aromatic rings. The predicted molar refractivity (Wildman–Crippen MR) is 270 cm³/mol. The fourth-order valence-corrected chi connectivity index (χ4v) is 8.21. The highest BCUT2D eigenvalue weighted by atomic mass is 19.4. The van der Waals surface area contributed by atoms with Crippen LogP contribution in [0.25, 0.3) is 11.1 Å². The van der Waals surface area contributed by atoms with Crippen molar-refractivity contribution in [3.05, 3.63) is 95.8 Å². The number of carboxylic acid groups (broad SMARTS) is 2. The Labute approximate surface area is 446 Å². The Hall–Kier alpha value is -7.67. The number of Topliss-reactive ketones (excluding diaryl/α,β-unsaturated/α-hetero) is 2. The maximum absolute atomic E-state index is 15.3. The summed E-state index contributed by atoms with van der Waals surface area (Å²) in [7, 11) is 0. The van der Waals surface area contributed by atoms with Crippen molar-refractivity contribution in [2.75, 3.05) is 26.2 Å². The molecule has 78 heavy (non-hydrogen) atoms. The molecule has 1 aliphatic rings. The van der Waals surface area contributed by atoms with Gasteiger partial charge in [-0.15, -0.1) is 0 Å². The first-order chi connectivity index (χ1) is 36.3. The topological polar surface area (TPSA) is 305 Å². The van der Waals surface area contributed by atoms with E-state index < -0.39 is 126 Å². The van der Waals surface area contributed by atoms with Gasteiger partial charge in [-0.05, 0) is 67.3 Å². The average molecular weight is 1100 g/mol. The van der Waals surface area contributed by atoms with Crippen molar-refractivity contribution in [3.8, 4) is 11.1 Å². The van der Waals surface area contributed by atoms with Crippen molar-refractivity contribution in [1.82, 2.24) is 30.3 Å². The van der Waals surface area contributed by atoms with E-state index in [1.807, 2.05) is 51.1 Å². The zero-order chi connectivity index (χ0) is 58.8. The van der Waals surface area contributed by atoms with Crippen LogP contribution in [-0.2, 0) is 54.5 Å². The SMILES string of the molecule is CC(C)[C@H](CC(=O)CN1C(=O)C=CC1=O)C(=O)N[C@@H](C)C(=O)N[C@@H](CCN(C(=O)CO)[C@@H](c1cc(-c2cc(F)ccc2F)cn1Cc1ccccc1)C(C)(C)C)C(=O)NCCCC(=O)CC[C@H](N)C(=O)O.O=C(O)C(F)(F)F. The number of carbonyl (C=O) groups is 10. The maximum Gasteiger partial charge on any atom is 0.490 e. The third-order valence-corrected chi connectivity index (χ3v) is 12.3. The number of aliphatic hydroxyl groups excluding tert-OH is 1. The molecule has 0 saturated carbocycles. The summed E-state index contributed by atoms with van der Waals surface area (Å²) in [6.45, 7) is 8.64. The first-order valence-corrected chi connectivity index (χ1v) is 24.7. The Morgan fingerprint density at radius 3 is 1.96 bits per heavy atom. The number of nitrogens with zero attached hydrogens (tertiary/aromatic N) is 3. The van der Waals surface area contributed by atoms with Crippen LogP contribution in [0.4, 0.5) is 22.0 Å². The molecule has 2 heterocycles. The number of halogens is 5. The van der Waals surface area contributed by atoms with Crippen molar-refractivity contribution in [3.63, 3.8) is 0 Å². The minimum absolute atomic E-state index is 0.0239. The highest BCUT2D eigenvalue weighted by molar-refractivity contribution is 6.14. The van der Waals surface area contributed by atoms with Crippen LogP contribution >= 0.6 is 0 Å². The number of ketones is 2. The van der Waals surface area contributed by atoms with E-state index in [1.165, 1.54) is 11.8 Å². The molecule has 0 unspecified atom stereocenters. The second-order valence-corrected chi connectivity index (χ2v) is 19.9. The van der Waals surface area contributed by atoms with Gasteiger partial charge in [-0.3, -0.25) is 48.1 Å². The number of nitrogens with one attached hydrogen (secondary N) is 3. The number of aliphatic carboxylic acids is 2.